The van der Waals surface area contributed by atoms with Crippen molar-refractivity contribution in [2.75, 3.05) is 46.2 Å². The van der Waals surface area contributed by atoms with Gasteiger partial charge in [0.2, 0.25) is 0 Å². The van der Waals surface area contributed by atoms with Crippen LogP contribution in [0, 0.1) is 5.92 Å². The van der Waals surface area contributed by atoms with Crippen LogP contribution in [0.3, 0.4) is 0 Å². The number of esters is 1. The topological polar surface area (TPSA) is 54.0 Å². The molecule has 0 aliphatic heterocycles. The molecule has 0 atom stereocenters. The van der Waals surface area contributed by atoms with Crippen LogP contribution in [0.5, 0.6) is 0 Å². The highest BCUT2D eigenvalue weighted by atomic mass is 16.5. The number of hydrogen-bond donors (Lipinski definition) is 0. The Hall–Kier alpha value is -0.650. The van der Waals surface area contributed by atoms with E-state index in [0.29, 0.717) is 52.5 Å². The molecule has 0 spiro atoms. The van der Waals surface area contributed by atoms with Gasteiger partial charge in [0.05, 0.1) is 33.0 Å². The molecule has 0 aromatic carbocycles. The van der Waals surface area contributed by atoms with Crippen LogP contribution in [0.25, 0.3) is 0 Å². The Labute approximate surface area is 199 Å². The van der Waals surface area contributed by atoms with Crippen LogP contribution in [0.1, 0.15) is 117 Å². The Morgan fingerprint density at radius 1 is 0.562 bits per heavy atom. The van der Waals surface area contributed by atoms with E-state index in [1.54, 1.807) is 0 Å². The van der Waals surface area contributed by atoms with Gasteiger partial charge in [0.15, 0.2) is 0 Å². The first-order valence-electron chi connectivity index (χ1n) is 13.6. The number of carbonyl (C=O) groups excluding carboxylic acids is 1. The van der Waals surface area contributed by atoms with Gasteiger partial charge in [0.1, 0.15) is 0 Å². The highest BCUT2D eigenvalue weighted by molar-refractivity contribution is 5.69. The highest BCUT2D eigenvalue weighted by Crippen LogP contribution is 2.10. The predicted molar refractivity (Wildman–Crippen MR) is 133 cm³/mol. The van der Waals surface area contributed by atoms with E-state index in [1.165, 1.54) is 64.2 Å². The molecule has 5 heteroatoms. The Morgan fingerprint density at radius 2 is 1.03 bits per heavy atom. The molecule has 0 bridgehead atoms. The quantitative estimate of drug-likeness (QED) is 0.102. The second-order valence-electron chi connectivity index (χ2n) is 9.23. The van der Waals surface area contributed by atoms with Crippen LogP contribution in [-0.2, 0) is 23.7 Å². The fourth-order valence-electron chi connectivity index (χ4n) is 3.46. The number of ether oxygens (including phenoxy) is 4. The van der Waals surface area contributed by atoms with Gasteiger partial charge in [0, 0.05) is 19.6 Å². The molecule has 0 heterocycles. The first-order valence-corrected chi connectivity index (χ1v) is 13.6. The van der Waals surface area contributed by atoms with Gasteiger partial charge in [-0.05, 0) is 25.2 Å². The van der Waals surface area contributed by atoms with Crippen molar-refractivity contribution in [3.05, 3.63) is 0 Å². The zero-order chi connectivity index (χ0) is 23.5. The average Bonchev–Trinajstić information content (AvgIpc) is 2.77. The summed E-state index contributed by atoms with van der Waals surface area (Å²) >= 11 is 0. The van der Waals surface area contributed by atoms with Crippen LogP contribution in [0.2, 0.25) is 0 Å². The Balaban J connectivity index is 3.14. The van der Waals surface area contributed by atoms with Gasteiger partial charge in [-0.2, -0.15) is 0 Å². The van der Waals surface area contributed by atoms with Crippen LogP contribution in [-0.4, -0.2) is 52.2 Å². The number of unbranched alkanes of at least 4 members (excludes halogenated alkanes) is 10. The van der Waals surface area contributed by atoms with E-state index in [2.05, 4.69) is 20.8 Å². The molecule has 0 radical (unpaired) electrons. The SMILES string of the molecule is CCCCCCCCCOCCOCCOCCCC(=O)OCCCCCCCC(C)C. The third-order valence-corrected chi connectivity index (χ3v) is 5.49. The number of rotatable bonds is 26. The van der Waals surface area contributed by atoms with Gasteiger partial charge >= 0.3 is 5.97 Å². The Kier molecular flexibility index (Phi) is 26.1. The van der Waals surface area contributed by atoms with Gasteiger partial charge in [-0.15, -0.1) is 0 Å². The summed E-state index contributed by atoms with van der Waals surface area (Å²) in [5.41, 5.74) is 0. The summed E-state index contributed by atoms with van der Waals surface area (Å²) in [4.78, 5) is 11.7. The molecule has 0 aliphatic carbocycles. The molecule has 0 saturated carbocycles. The third-order valence-electron chi connectivity index (χ3n) is 5.49. The molecule has 0 rings (SSSR count). The minimum Gasteiger partial charge on any atom is -0.466 e. The minimum absolute atomic E-state index is 0.109. The molecular formula is C27H54O5. The lowest BCUT2D eigenvalue weighted by Crippen LogP contribution is -2.11. The lowest BCUT2D eigenvalue weighted by atomic mass is 10.0. The molecule has 5 nitrogen and oxygen atoms in total. The van der Waals surface area contributed by atoms with Crippen molar-refractivity contribution in [3.63, 3.8) is 0 Å². The lowest BCUT2D eigenvalue weighted by molar-refractivity contribution is -0.144. The second-order valence-corrected chi connectivity index (χ2v) is 9.23. The van der Waals surface area contributed by atoms with Crippen molar-refractivity contribution in [1.82, 2.24) is 0 Å². The minimum atomic E-state index is -0.109. The van der Waals surface area contributed by atoms with E-state index in [9.17, 15) is 4.79 Å². The van der Waals surface area contributed by atoms with Crippen molar-refractivity contribution in [2.45, 2.75) is 117 Å². The smallest absolute Gasteiger partial charge is 0.305 e. The summed E-state index contributed by atoms with van der Waals surface area (Å²) in [7, 11) is 0. The summed E-state index contributed by atoms with van der Waals surface area (Å²) in [5.74, 6) is 0.694. The lowest BCUT2D eigenvalue weighted by Gasteiger charge is -2.07. The highest BCUT2D eigenvalue weighted by Gasteiger charge is 2.03. The summed E-state index contributed by atoms with van der Waals surface area (Å²) in [6, 6.07) is 0. The summed E-state index contributed by atoms with van der Waals surface area (Å²) < 4.78 is 21.9. The van der Waals surface area contributed by atoms with Gasteiger partial charge in [-0.3, -0.25) is 4.79 Å². The first-order chi connectivity index (χ1) is 15.7. The van der Waals surface area contributed by atoms with Crippen LogP contribution < -0.4 is 0 Å². The van der Waals surface area contributed by atoms with E-state index in [-0.39, 0.29) is 5.97 Å². The fraction of sp³-hybridized carbons (Fsp3) is 0.963. The maximum atomic E-state index is 11.7. The van der Waals surface area contributed by atoms with Crippen molar-refractivity contribution in [1.29, 1.82) is 0 Å². The van der Waals surface area contributed by atoms with Crippen LogP contribution in [0.4, 0.5) is 0 Å². The van der Waals surface area contributed by atoms with Crippen molar-refractivity contribution in [2.24, 2.45) is 5.92 Å². The largest absolute Gasteiger partial charge is 0.466 e. The fourth-order valence-corrected chi connectivity index (χ4v) is 3.46. The average molecular weight is 459 g/mol. The zero-order valence-electron chi connectivity index (χ0n) is 21.7. The summed E-state index contributed by atoms with van der Waals surface area (Å²) in [6.45, 7) is 11.2. The molecule has 0 unspecified atom stereocenters. The monoisotopic (exact) mass is 458 g/mol. The van der Waals surface area contributed by atoms with Gasteiger partial charge in [-0.25, -0.2) is 0 Å². The molecule has 0 fully saturated rings. The molecular weight excluding hydrogens is 404 g/mol. The summed E-state index contributed by atoms with van der Waals surface area (Å²) in [6.07, 6.45) is 17.6. The molecule has 192 valence electrons. The zero-order valence-corrected chi connectivity index (χ0v) is 21.7. The standard InChI is InChI=1S/C27H54O5/c1-4-5-6-7-8-11-14-19-29-22-24-31-25-23-30-20-16-18-27(28)32-21-15-12-9-10-13-17-26(2)3/h26H,4-25H2,1-3H3. The Bertz CT molecular complexity index is 373. The maximum absolute atomic E-state index is 11.7. The van der Waals surface area contributed by atoms with E-state index in [4.69, 9.17) is 18.9 Å². The van der Waals surface area contributed by atoms with E-state index < -0.39 is 0 Å². The van der Waals surface area contributed by atoms with Gasteiger partial charge in [0.25, 0.3) is 0 Å². The molecule has 0 aliphatic rings. The molecule has 0 amide bonds. The van der Waals surface area contributed by atoms with Gasteiger partial charge in [-0.1, -0.05) is 91.4 Å². The van der Waals surface area contributed by atoms with Crippen LogP contribution >= 0.6 is 0 Å². The van der Waals surface area contributed by atoms with E-state index in [1.807, 2.05) is 0 Å². The number of hydrogen-bond acceptors (Lipinski definition) is 5. The van der Waals surface area contributed by atoms with Crippen molar-refractivity contribution in [3.8, 4) is 0 Å². The molecule has 0 saturated heterocycles. The summed E-state index contributed by atoms with van der Waals surface area (Å²) in [5, 5.41) is 0. The van der Waals surface area contributed by atoms with Crippen molar-refractivity contribution < 1.29 is 23.7 Å². The molecule has 0 N–H and O–H groups in total. The van der Waals surface area contributed by atoms with Gasteiger partial charge < -0.3 is 18.9 Å². The number of carbonyl (C=O) groups is 1. The molecule has 32 heavy (non-hydrogen) atoms. The predicted octanol–water partition coefficient (Wildman–Crippen LogP) is 7.11. The molecule has 0 aromatic heterocycles. The van der Waals surface area contributed by atoms with E-state index in [0.717, 1.165) is 31.8 Å². The maximum Gasteiger partial charge on any atom is 0.305 e. The van der Waals surface area contributed by atoms with Crippen LogP contribution in [0.15, 0.2) is 0 Å². The second kappa shape index (κ2) is 26.6. The molecule has 0 aromatic rings. The van der Waals surface area contributed by atoms with Crippen molar-refractivity contribution >= 4 is 5.97 Å². The Morgan fingerprint density at radius 3 is 1.62 bits per heavy atom. The normalized spacial score (nSPS) is 11.4. The third kappa shape index (κ3) is 27.4. The first kappa shape index (κ1) is 31.4. The van der Waals surface area contributed by atoms with E-state index >= 15 is 0 Å².